The van der Waals surface area contributed by atoms with Gasteiger partial charge in [0.1, 0.15) is 5.69 Å². The maximum absolute atomic E-state index is 12.8. The number of benzene rings is 1. The number of nitrogens with zero attached hydrogens (tertiary/aromatic N) is 4. The van der Waals surface area contributed by atoms with Crippen molar-refractivity contribution in [2.75, 3.05) is 6.54 Å². The van der Waals surface area contributed by atoms with E-state index in [1.54, 1.807) is 0 Å². The summed E-state index contributed by atoms with van der Waals surface area (Å²) in [6.45, 7) is 3.58. The maximum Gasteiger partial charge on any atom is 0.229 e. The first-order valence-corrected chi connectivity index (χ1v) is 8.32. The van der Waals surface area contributed by atoms with Gasteiger partial charge in [-0.3, -0.25) is 9.48 Å². The van der Waals surface area contributed by atoms with Crippen molar-refractivity contribution in [3.8, 4) is 0 Å². The van der Waals surface area contributed by atoms with E-state index >= 15 is 0 Å². The monoisotopic (exact) mass is 324 g/mol. The Balaban J connectivity index is 1.48. The Hall–Kier alpha value is -2.63. The zero-order valence-corrected chi connectivity index (χ0v) is 13.7. The summed E-state index contributed by atoms with van der Waals surface area (Å²) in [7, 11) is 0. The summed E-state index contributed by atoms with van der Waals surface area (Å²) in [5.41, 5.74) is 2.58. The Morgan fingerprint density at radius 1 is 1.38 bits per heavy atom. The smallest absolute Gasteiger partial charge is 0.229 e. The summed E-state index contributed by atoms with van der Waals surface area (Å²) in [5, 5.41) is 9.34. The van der Waals surface area contributed by atoms with Gasteiger partial charge in [-0.2, -0.15) is 5.10 Å². The van der Waals surface area contributed by atoms with Crippen molar-refractivity contribution in [1.29, 1.82) is 0 Å². The molecule has 0 N–H and O–H groups in total. The molecule has 1 amide bonds. The summed E-state index contributed by atoms with van der Waals surface area (Å²) in [6, 6.07) is 7.86. The zero-order valence-electron chi connectivity index (χ0n) is 13.7. The molecule has 0 saturated carbocycles. The van der Waals surface area contributed by atoms with Crippen LogP contribution in [0.3, 0.4) is 0 Å². The summed E-state index contributed by atoms with van der Waals surface area (Å²) in [4.78, 5) is 14.7. The minimum atomic E-state index is 0.112. The SMILES string of the molecule is Cc1cnn(C[C@H]2CCCN2C(=O)Cc2noc3ccccc23)c1. The Kier molecular flexibility index (Phi) is 3.80. The molecule has 24 heavy (non-hydrogen) atoms. The van der Waals surface area contributed by atoms with Gasteiger partial charge in [0.25, 0.3) is 0 Å². The van der Waals surface area contributed by atoms with Gasteiger partial charge in [-0.05, 0) is 37.5 Å². The Labute approximate surface area is 140 Å². The zero-order chi connectivity index (χ0) is 16.5. The number of carbonyl (C=O) groups excluding carboxylic acids is 1. The normalized spacial score (nSPS) is 17.7. The molecule has 0 aliphatic carbocycles. The van der Waals surface area contributed by atoms with Crippen LogP contribution in [0.15, 0.2) is 41.2 Å². The van der Waals surface area contributed by atoms with Crippen LogP contribution in [0.5, 0.6) is 0 Å². The van der Waals surface area contributed by atoms with E-state index < -0.39 is 0 Å². The number of para-hydroxylation sites is 1. The van der Waals surface area contributed by atoms with Crippen LogP contribution in [0.1, 0.15) is 24.1 Å². The van der Waals surface area contributed by atoms with Crippen molar-refractivity contribution < 1.29 is 9.32 Å². The highest BCUT2D eigenvalue weighted by atomic mass is 16.5. The molecule has 124 valence electrons. The fourth-order valence-electron chi connectivity index (χ4n) is 3.45. The summed E-state index contributed by atoms with van der Waals surface area (Å²) < 4.78 is 7.23. The quantitative estimate of drug-likeness (QED) is 0.740. The molecule has 1 aliphatic heterocycles. The van der Waals surface area contributed by atoms with Gasteiger partial charge in [0.2, 0.25) is 5.91 Å². The van der Waals surface area contributed by atoms with E-state index in [1.807, 2.05) is 53.2 Å². The lowest BCUT2D eigenvalue weighted by atomic mass is 10.1. The van der Waals surface area contributed by atoms with E-state index in [-0.39, 0.29) is 18.4 Å². The highest BCUT2D eigenvalue weighted by molar-refractivity contribution is 5.86. The second kappa shape index (κ2) is 6.11. The van der Waals surface area contributed by atoms with Crippen molar-refractivity contribution in [2.24, 2.45) is 0 Å². The number of likely N-dealkylation sites (tertiary alicyclic amines) is 1. The molecule has 0 radical (unpaired) electrons. The fourth-order valence-corrected chi connectivity index (χ4v) is 3.45. The number of hydrogen-bond acceptors (Lipinski definition) is 4. The number of aryl methyl sites for hydroxylation is 1. The molecule has 1 aliphatic rings. The molecule has 1 fully saturated rings. The van der Waals surface area contributed by atoms with Crippen LogP contribution in [-0.2, 0) is 17.8 Å². The third kappa shape index (κ3) is 2.79. The summed E-state index contributed by atoms with van der Waals surface area (Å²) >= 11 is 0. The second-order valence-electron chi connectivity index (χ2n) is 6.43. The highest BCUT2D eigenvalue weighted by Crippen LogP contribution is 2.23. The van der Waals surface area contributed by atoms with E-state index in [0.29, 0.717) is 0 Å². The second-order valence-corrected chi connectivity index (χ2v) is 6.43. The molecule has 4 rings (SSSR count). The van der Waals surface area contributed by atoms with E-state index in [0.717, 1.165) is 48.2 Å². The Bertz CT molecular complexity index is 867. The van der Waals surface area contributed by atoms with Crippen LogP contribution < -0.4 is 0 Å². The largest absolute Gasteiger partial charge is 0.356 e. The number of aromatic nitrogens is 3. The number of amides is 1. The minimum Gasteiger partial charge on any atom is -0.356 e. The fraction of sp³-hybridized carbons (Fsp3) is 0.389. The van der Waals surface area contributed by atoms with Crippen molar-refractivity contribution >= 4 is 16.9 Å². The lowest BCUT2D eigenvalue weighted by Crippen LogP contribution is -2.39. The molecule has 1 aromatic carbocycles. The molecule has 6 nitrogen and oxygen atoms in total. The Morgan fingerprint density at radius 3 is 3.08 bits per heavy atom. The lowest BCUT2D eigenvalue weighted by molar-refractivity contribution is -0.131. The number of fused-ring (bicyclic) bond motifs is 1. The topological polar surface area (TPSA) is 64.2 Å². The predicted octanol–water partition coefficient (Wildman–Crippen LogP) is 2.57. The molecule has 0 spiro atoms. The van der Waals surface area contributed by atoms with Crippen LogP contribution in [-0.4, -0.2) is 38.3 Å². The summed E-state index contributed by atoms with van der Waals surface area (Å²) in [6.07, 6.45) is 6.21. The van der Waals surface area contributed by atoms with Crippen LogP contribution in [0.2, 0.25) is 0 Å². The van der Waals surface area contributed by atoms with Gasteiger partial charge in [-0.1, -0.05) is 17.3 Å². The average Bonchev–Trinajstić information content (AvgIpc) is 3.29. The van der Waals surface area contributed by atoms with Crippen molar-refractivity contribution in [3.63, 3.8) is 0 Å². The highest BCUT2D eigenvalue weighted by Gasteiger charge is 2.30. The van der Waals surface area contributed by atoms with Gasteiger partial charge in [-0.15, -0.1) is 0 Å². The third-order valence-corrected chi connectivity index (χ3v) is 4.63. The van der Waals surface area contributed by atoms with Crippen molar-refractivity contribution in [3.05, 3.63) is 47.9 Å². The third-order valence-electron chi connectivity index (χ3n) is 4.63. The standard InChI is InChI=1S/C18H20N4O2/c1-13-10-19-21(11-13)12-14-5-4-8-22(14)18(23)9-16-15-6-2-3-7-17(15)24-20-16/h2-3,6-7,10-11,14H,4-5,8-9,12H2,1H3/t14-/m1/s1. The van der Waals surface area contributed by atoms with Gasteiger partial charge in [-0.25, -0.2) is 0 Å². The number of rotatable bonds is 4. The van der Waals surface area contributed by atoms with Gasteiger partial charge < -0.3 is 9.42 Å². The van der Waals surface area contributed by atoms with E-state index in [1.165, 1.54) is 0 Å². The van der Waals surface area contributed by atoms with Gasteiger partial charge in [0.05, 0.1) is 25.2 Å². The first kappa shape index (κ1) is 14.9. The molecular weight excluding hydrogens is 304 g/mol. The molecule has 0 unspecified atom stereocenters. The first-order valence-electron chi connectivity index (χ1n) is 8.32. The molecule has 1 atom stereocenters. The number of hydrogen-bond donors (Lipinski definition) is 0. The molecule has 3 heterocycles. The average molecular weight is 324 g/mol. The molecule has 3 aromatic rings. The van der Waals surface area contributed by atoms with Crippen molar-refractivity contribution in [1.82, 2.24) is 19.8 Å². The van der Waals surface area contributed by atoms with E-state index in [9.17, 15) is 4.79 Å². The molecule has 6 heteroatoms. The van der Waals surface area contributed by atoms with Crippen LogP contribution >= 0.6 is 0 Å². The van der Waals surface area contributed by atoms with Gasteiger partial charge in [0, 0.05) is 18.1 Å². The Morgan fingerprint density at radius 2 is 2.25 bits per heavy atom. The van der Waals surface area contributed by atoms with E-state index in [2.05, 4.69) is 10.3 Å². The molecular formula is C18H20N4O2. The molecule has 2 aromatic heterocycles. The van der Waals surface area contributed by atoms with Crippen LogP contribution in [0, 0.1) is 6.92 Å². The lowest BCUT2D eigenvalue weighted by Gasteiger charge is -2.24. The molecule has 0 bridgehead atoms. The van der Waals surface area contributed by atoms with Gasteiger partial charge >= 0.3 is 0 Å². The number of carbonyl (C=O) groups is 1. The van der Waals surface area contributed by atoms with Crippen LogP contribution in [0.25, 0.3) is 11.0 Å². The minimum absolute atomic E-state index is 0.112. The molecule has 1 saturated heterocycles. The van der Waals surface area contributed by atoms with E-state index in [4.69, 9.17) is 4.52 Å². The summed E-state index contributed by atoms with van der Waals surface area (Å²) in [5.74, 6) is 0.112. The van der Waals surface area contributed by atoms with Gasteiger partial charge in [0.15, 0.2) is 5.58 Å². The maximum atomic E-state index is 12.8. The first-order chi connectivity index (χ1) is 11.7. The van der Waals surface area contributed by atoms with Crippen molar-refractivity contribution in [2.45, 2.75) is 38.8 Å². The van der Waals surface area contributed by atoms with Crippen LogP contribution in [0.4, 0.5) is 0 Å². The predicted molar refractivity (Wildman–Crippen MR) is 89.4 cm³/mol.